The summed E-state index contributed by atoms with van der Waals surface area (Å²) in [6.07, 6.45) is 2.87. The highest BCUT2D eigenvalue weighted by Crippen LogP contribution is 2.18. The first-order valence-corrected chi connectivity index (χ1v) is 8.54. The van der Waals surface area contributed by atoms with Crippen LogP contribution in [0.2, 0.25) is 0 Å². The van der Waals surface area contributed by atoms with Crippen molar-refractivity contribution in [1.82, 2.24) is 15.8 Å². The molecule has 3 N–H and O–H groups in total. The lowest BCUT2D eigenvalue weighted by Crippen LogP contribution is -2.46. The third-order valence-electron chi connectivity index (χ3n) is 4.55. The van der Waals surface area contributed by atoms with Gasteiger partial charge in [0.25, 0.3) is 0 Å². The van der Waals surface area contributed by atoms with E-state index in [9.17, 15) is 9.59 Å². The van der Waals surface area contributed by atoms with Crippen molar-refractivity contribution in [1.29, 1.82) is 0 Å². The molecule has 132 valence electrons. The van der Waals surface area contributed by atoms with Gasteiger partial charge in [0.15, 0.2) is 0 Å². The van der Waals surface area contributed by atoms with Crippen LogP contribution >= 0.6 is 0 Å². The van der Waals surface area contributed by atoms with Crippen molar-refractivity contribution in [3.05, 3.63) is 29.3 Å². The van der Waals surface area contributed by atoms with Crippen LogP contribution in [0.25, 0.3) is 0 Å². The minimum Gasteiger partial charge on any atom is -0.335 e. The minimum atomic E-state index is -0.264. The van der Waals surface area contributed by atoms with Crippen LogP contribution in [0, 0.1) is 13.8 Å². The molecule has 0 bridgehead atoms. The van der Waals surface area contributed by atoms with Gasteiger partial charge in [-0.3, -0.25) is 15.0 Å². The van der Waals surface area contributed by atoms with Crippen molar-refractivity contribution in [2.24, 2.45) is 0 Å². The second-order valence-corrected chi connectivity index (χ2v) is 6.55. The van der Waals surface area contributed by atoms with Gasteiger partial charge >= 0.3 is 0 Å². The van der Waals surface area contributed by atoms with Gasteiger partial charge in [-0.1, -0.05) is 25.5 Å². The van der Waals surface area contributed by atoms with E-state index in [-0.39, 0.29) is 24.4 Å². The van der Waals surface area contributed by atoms with E-state index in [4.69, 9.17) is 0 Å². The highest BCUT2D eigenvalue weighted by atomic mass is 16.2. The fraction of sp³-hybridized carbons (Fsp3) is 0.556. The van der Waals surface area contributed by atoms with Gasteiger partial charge < -0.3 is 10.2 Å². The Labute approximate surface area is 144 Å². The Bertz CT molecular complexity index is 603. The highest BCUT2D eigenvalue weighted by molar-refractivity contribution is 5.95. The van der Waals surface area contributed by atoms with E-state index < -0.39 is 0 Å². The van der Waals surface area contributed by atoms with Crippen LogP contribution < -0.4 is 16.2 Å². The molecule has 0 radical (unpaired) electrons. The van der Waals surface area contributed by atoms with E-state index in [2.05, 4.69) is 23.1 Å². The predicted octanol–water partition coefficient (Wildman–Crippen LogP) is 1.74. The van der Waals surface area contributed by atoms with Crippen LogP contribution in [0.4, 0.5) is 5.69 Å². The van der Waals surface area contributed by atoms with Crippen LogP contribution in [0.1, 0.15) is 37.3 Å². The number of carbonyl (C=O) groups is 2. The molecular formula is C18H28N4O2. The molecule has 1 aliphatic heterocycles. The Morgan fingerprint density at radius 2 is 2.04 bits per heavy atom. The quantitative estimate of drug-likeness (QED) is 0.742. The second kappa shape index (κ2) is 8.26. The average Bonchev–Trinajstić information content (AvgIpc) is 3.00. The molecule has 0 aromatic heterocycles. The molecular weight excluding hydrogens is 304 g/mol. The standard InChI is InChI=1S/C18H28N4O2/c1-5-7-14-10-16(21-20-14)18(24)22(4)11-17(23)19-15-9-6-8-12(2)13(15)3/h6,8-9,14,16,20-21H,5,7,10-11H2,1-4H3,(H,19,23). The van der Waals surface area contributed by atoms with Gasteiger partial charge in [0, 0.05) is 18.8 Å². The Morgan fingerprint density at radius 3 is 2.75 bits per heavy atom. The number of nitrogens with one attached hydrogen (secondary N) is 3. The molecule has 1 aromatic carbocycles. The van der Waals surface area contributed by atoms with Gasteiger partial charge in [-0.05, 0) is 43.9 Å². The van der Waals surface area contributed by atoms with Gasteiger partial charge in [-0.2, -0.15) is 0 Å². The SMILES string of the molecule is CCCC1CC(C(=O)N(C)CC(=O)Nc2cccc(C)c2C)NN1. The van der Waals surface area contributed by atoms with Crippen LogP contribution in [-0.2, 0) is 9.59 Å². The van der Waals surface area contributed by atoms with E-state index in [1.165, 1.54) is 4.90 Å². The zero-order valence-corrected chi connectivity index (χ0v) is 15.0. The third-order valence-corrected chi connectivity index (χ3v) is 4.55. The summed E-state index contributed by atoms with van der Waals surface area (Å²) in [5.41, 5.74) is 9.16. The van der Waals surface area contributed by atoms with Gasteiger partial charge in [0.1, 0.15) is 6.04 Å². The number of amides is 2. The topological polar surface area (TPSA) is 73.5 Å². The summed E-state index contributed by atoms with van der Waals surface area (Å²) in [4.78, 5) is 26.2. The number of hydrogen-bond donors (Lipinski definition) is 3. The molecule has 2 amide bonds. The summed E-state index contributed by atoms with van der Waals surface area (Å²) in [6, 6.07) is 5.85. The molecule has 24 heavy (non-hydrogen) atoms. The Balaban J connectivity index is 1.87. The van der Waals surface area contributed by atoms with E-state index in [0.29, 0.717) is 6.04 Å². The summed E-state index contributed by atoms with van der Waals surface area (Å²) in [5.74, 6) is -0.243. The molecule has 0 aliphatic carbocycles. The summed E-state index contributed by atoms with van der Waals surface area (Å²) in [7, 11) is 1.67. The predicted molar refractivity (Wildman–Crippen MR) is 95.6 cm³/mol. The fourth-order valence-corrected chi connectivity index (χ4v) is 2.96. The fourth-order valence-electron chi connectivity index (χ4n) is 2.96. The molecule has 0 spiro atoms. The number of nitrogens with zero attached hydrogens (tertiary/aromatic N) is 1. The van der Waals surface area contributed by atoms with Gasteiger partial charge in [-0.25, -0.2) is 5.43 Å². The molecule has 1 aromatic rings. The average molecular weight is 332 g/mol. The monoisotopic (exact) mass is 332 g/mol. The maximum Gasteiger partial charge on any atom is 0.243 e. The lowest BCUT2D eigenvalue weighted by atomic mass is 10.1. The Kier molecular flexibility index (Phi) is 6.34. The smallest absolute Gasteiger partial charge is 0.243 e. The van der Waals surface area contributed by atoms with E-state index in [1.807, 2.05) is 32.0 Å². The molecule has 0 saturated carbocycles. The van der Waals surface area contributed by atoms with E-state index >= 15 is 0 Å². The van der Waals surface area contributed by atoms with Crippen molar-refractivity contribution in [2.75, 3.05) is 18.9 Å². The van der Waals surface area contributed by atoms with Crippen LogP contribution in [-0.4, -0.2) is 42.4 Å². The van der Waals surface area contributed by atoms with Crippen molar-refractivity contribution < 1.29 is 9.59 Å². The van der Waals surface area contributed by atoms with Crippen molar-refractivity contribution in [2.45, 2.75) is 52.1 Å². The molecule has 1 saturated heterocycles. The summed E-state index contributed by atoms with van der Waals surface area (Å²) in [6.45, 7) is 6.15. The number of aryl methyl sites for hydroxylation is 1. The lowest BCUT2D eigenvalue weighted by molar-refractivity contribution is -0.134. The van der Waals surface area contributed by atoms with Crippen molar-refractivity contribution in [3.8, 4) is 0 Å². The first-order valence-electron chi connectivity index (χ1n) is 8.54. The zero-order valence-electron chi connectivity index (χ0n) is 15.0. The van der Waals surface area contributed by atoms with Crippen LogP contribution in [0.15, 0.2) is 18.2 Å². The molecule has 2 rings (SSSR count). The Hall–Kier alpha value is -1.92. The van der Waals surface area contributed by atoms with Crippen molar-refractivity contribution in [3.63, 3.8) is 0 Å². The number of carbonyl (C=O) groups excluding carboxylic acids is 2. The van der Waals surface area contributed by atoms with Crippen LogP contribution in [0.3, 0.4) is 0 Å². The summed E-state index contributed by atoms with van der Waals surface area (Å²) < 4.78 is 0. The highest BCUT2D eigenvalue weighted by Gasteiger charge is 2.31. The molecule has 2 unspecified atom stereocenters. The Morgan fingerprint density at radius 1 is 1.29 bits per heavy atom. The summed E-state index contributed by atoms with van der Waals surface area (Å²) in [5, 5.41) is 2.89. The first kappa shape index (κ1) is 18.4. The number of hydrazine groups is 1. The lowest BCUT2D eigenvalue weighted by Gasteiger charge is -2.20. The number of rotatable bonds is 6. The maximum atomic E-state index is 12.4. The van der Waals surface area contributed by atoms with E-state index in [0.717, 1.165) is 36.1 Å². The molecule has 6 heteroatoms. The number of anilines is 1. The maximum absolute atomic E-state index is 12.4. The van der Waals surface area contributed by atoms with Gasteiger partial charge in [-0.15, -0.1) is 0 Å². The third kappa shape index (κ3) is 4.55. The summed E-state index contributed by atoms with van der Waals surface area (Å²) >= 11 is 0. The molecule has 1 aliphatic rings. The first-order chi connectivity index (χ1) is 11.4. The normalized spacial score (nSPS) is 20.0. The van der Waals surface area contributed by atoms with Gasteiger partial charge in [0.2, 0.25) is 11.8 Å². The minimum absolute atomic E-state index is 0.0445. The van der Waals surface area contributed by atoms with E-state index in [1.54, 1.807) is 7.05 Å². The largest absolute Gasteiger partial charge is 0.335 e. The van der Waals surface area contributed by atoms with Crippen molar-refractivity contribution >= 4 is 17.5 Å². The molecule has 1 fully saturated rings. The zero-order chi connectivity index (χ0) is 17.7. The van der Waals surface area contributed by atoms with Gasteiger partial charge in [0.05, 0.1) is 6.54 Å². The molecule has 1 heterocycles. The molecule has 2 atom stereocenters. The second-order valence-electron chi connectivity index (χ2n) is 6.55. The molecule has 6 nitrogen and oxygen atoms in total. The van der Waals surface area contributed by atoms with Crippen LogP contribution in [0.5, 0.6) is 0 Å². The number of likely N-dealkylation sites (N-methyl/N-ethyl adjacent to an activating group) is 1. The number of hydrogen-bond acceptors (Lipinski definition) is 4. The number of benzene rings is 1.